The Morgan fingerprint density at radius 3 is 2.14 bits per heavy atom. The minimum atomic E-state index is -2.93. The van der Waals surface area contributed by atoms with E-state index in [4.69, 9.17) is 27.5 Å². The Labute approximate surface area is 262 Å². The van der Waals surface area contributed by atoms with Crippen LogP contribution in [0.4, 0.5) is 0 Å². The number of hydrogen-bond donors (Lipinski definition) is 1. The maximum absolute atomic E-state index is 13.4. The van der Waals surface area contributed by atoms with Gasteiger partial charge in [-0.1, -0.05) is 62.3 Å². The molecule has 0 aliphatic carbocycles. The molecule has 1 aromatic heterocycles. The number of nitrogens with zero attached hydrogens (tertiary/aromatic N) is 1. The summed E-state index contributed by atoms with van der Waals surface area (Å²) in [6.07, 6.45) is -2.08. The van der Waals surface area contributed by atoms with Gasteiger partial charge in [0.25, 0.3) is 5.56 Å². The molecule has 12 nitrogen and oxygen atoms in total. The number of rotatable bonds is 8. The molecule has 2 fully saturated rings. The average Bonchev–Trinajstić information content (AvgIpc) is 3.18. The molecule has 0 radical (unpaired) electrons. The zero-order valence-electron chi connectivity index (χ0n) is 28.6. The van der Waals surface area contributed by atoms with Crippen LogP contribution in [0, 0.1) is 0 Å². The van der Waals surface area contributed by atoms with Crippen LogP contribution in [0.2, 0.25) is 28.2 Å². The van der Waals surface area contributed by atoms with Crippen LogP contribution >= 0.6 is 0 Å². The largest absolute Gasteiger partial charge is 0.462 e. The van der Waals surface area contributed by atoms with E-state index in [0.717, 1.165) is 0 Å². The normalized spacial score (nSPS) is 24.8. The third-order valence-electron chi connectivity index (χ3n) is 8.82. The van der Waals surface area contributed by atoms with Crippen molar-refractivity contribution in [1.82, 2.24) is 9.55 Å². The molecule has 0 aromatic carbocycles. The molecule has 2 aliphatic rings. The molecular weight excluding hydrogens is 605 g/mol. The molecule has 0 bridgehead atoms. The number of nitrogens with one attached hydrogen (secondary N) is 1. The quantitative estimate of drug-likeness (QED) is 0.317. The van der Waals surface area contributed by atoms with Gasteiger partial charge in [-0.3, -0.25) is 23.9 Å². The summed E-state index contributed by atoms with van der Waals surface area (Å²) in [5.41, 5.74) is -1.14. The number of esters is 2. The predicted octanol–water partition coefficient (Wildman–Crippen LogP) is 4.32. The molecule has 0 saturated carbocycles. The summed E-state index contributed by atoms with van der Waals surface area (Å²) in [6.45, 7) is 25.8. The van der Waals surface area contributed by atoms with E-state index >= 15 is 0 Å². The predicted molar refractivity (Wildman–Crippen MR) is 169 cm³/mol. The lowest BCUT2D eigenvalue weighted by Crippen LogP contribution is -2.66. The van der Waals surface area contributed by atoms with Crippen LogP contribution in [-0.2, 0) is 43.6 Å². The molecule has 44 heavy (non-hydrogen) atoms. The second-order valence-corrected chi connectivity index (χ2v) is 25.0. The summed E-state index contributed by atoms with van der Waals surface area (Å²) in [7, 11) is -5.37. The smallest absolute Gasteiger partial charge is 0.349 e. The number of fused-ring (bicyclic) bond motifs is 1. The zero-order chi connectivity index (χ0) is 33.6. The zero-order valence-corrected chi connectivity index (χ0v) is 30.6. The summed E-state index contributed by atoms with van der Waals surface area (Å²) in [5.74, 6) is -1.16. The maximum atomic E-state index is 13.4. The van der Waals surface area contributed by atoms with Gasteiger partial charge in [0.1, 0.15) is 31.0 Å². The second kappa shape index (κ2) is 12.6. The SMILES string of the molecule is CC(=O)OCC(Cn1cc([C@@H]2O[C@@H]3CO[Si](C(C)(C)C)(C(C)(C)C)O[C@@H]3C2O[Si](C)(C)C(C)(C)C)c(=O)[nH]c1=O)OC(C)=O. The van der Waals surface area contributed by atoms with E-state index < -0.39 is 70.6 Å². The van der Waals surface area contributed by atoms with E-state index in [1.165, 1.54) is 24.6 Å². The van der Waals surface area contributed by atoms with E-state index in [0.29, 0.717) is 0 Å². The molecule has 1 N–H and O–H groups in total. The van der Waals surface area contributed by atoms with Gasteiger partial charge in [-0.05, 0) is 18.1 Å². The van der Waals surface area contributed by atoms with Crippen molar-refractivity contribution in [3.8, 4) is 0 Å². The van der Waals surface area contributed by atoms with Gasteiger partial charge in [-0.25, -0.2) is 4.79 Å². The third kappa shape index (κ3) is 7.47. The van der Waals surface area contributed by atoms with Gasteiger partial charge in [-0.15, -0.1) is 0 Å². The number of aromatic nitrogens is 2. The summed E-state index contributed by atoms with van der Waals surface area (Å²) in [6, 6.07) is 0. The molecule has 250 valence electrons. The molecule has 3 heterocycles. The fourth-order valence-corrected chi connectivity index (χ4v) is 12.1. The van der Waals surface area contributed by atoms with Crippen LogP contribution in [-0.4, -0.2) is 76.0 Å². The lowest BCUT2D eigenvalue weighted by atomic mass is 10.0. The van der Waals surface area contributed by atoms with Crippen molar-refractivity contribution < 1.29 is 37.1 Å². The molecule has 1 aromatic rings. The molecule has 0 amide bonds. The van der Waals surface area contributed by atoms with Gasteiger partial charge < -0.3 is 27.5 Å². The van der Waals surface area contributed by atoms with Crippen LogP contribution in [0.3, 0.4) is 0 Å². The Kier molecular flexibility index (Phi) is 10.4. The molecular formula is C30H52N2O10Si2. The third-order valence-corrected chi connectivity index (χ3v) is 18.4. The maximum Gasteiger partial charge on any atom is 0.349 e. The first-order valence-electron chi connectivity index (χ1n) is 15.2. The van der Waals surface area contributed by atoms with Gasteiger partial charge in [0, 0.05) is 30.1 Å². The standard InChI is InChI=1S/C30H52N2O10Si2/c1-18(33)37-16-20(39-19(2)34)14-32-15-21(26(35)31-27(32)36)23-25(41-43(12,13)28(3,4)5)24-22(40-23)17-38-44(42-24,29(6,7)8)30(9,10)11/h15,20,22-25H,14,16-17H2,1-13H3,(H,31,35,36)/t20?,22-,23+,24+,25?/m1/s1. The first kappa shape index (κ1) is 36.4. The van der Waals surface area contributed by atoms with Crippen molar-refractivity contribution in [2.75, 3.05) is 13.2 Å². The summed E-state index contributed by atoms with van der Waals surface area (Å²) in [4.78, 5) is 51.9. The van der Waals surface area contributed by atoms with Gasteiger partial charge in [0.05, 0.1) is 18.7 Å². The first-order chi connectivity index (χ1) is 19.9. The van der Waals surface area contributed by atoms with Crippen LogP contribution in [0.1, 0.15) is 87.8 Å². The van der Waals surface area contributed by atoms with E-state index in [9.17, 15) is 19.2 Å². The fourth-order valence-electron chi connectivity index (χ4n) is 5.89. The van der Waals surface area contributed by atoms with Crippen LogP contribution in [0.25, 0.3) is 0 Å². The number of ether oxygens (including phenoxy) is 3. The van der Waals surface area contributed by atoms with Crippen molar-refractivity contribution in [2.45, 2.75) is 141 Å². The van der Waals surface area contributed by atoms with Gasteiger partial charge in [0.15, 0.2) is 14.4 Å². The monoisotopic (exact) mass is 656 g/mol. The molecule has 3 rings (SSSR count). The molecule has 2 aliphatic heterocycles. The van der Waals surface area contributed by atoms with E-state index in [-0.39, 0.29) is 40.4 Å². The minimum absolute atomic E-state index is 0.150. The molecule has 5 atom stereocenters. The summed E-state index contributed by atoms with van der Waals surface area (Å²) >= 11 is 0. The number of aromatic amines is 1. The summed E-state index contributed by atoms with van der Waals surface area (Å²) in [5, 5.41) is -0.717. The highest BCUT2D eigenvalue weighted by atomic mass is 28.4. The fraction of sp³-hybridized carbons (Fsp3) is 0.800. The number of H-pyrrole nitrogens is 1. The molecule has 14 heteroatoms. The van der Waals surface area contributed by atoms with Crippen molar-refractivity contribution >= 4 is 28.8 Å². The molecule has 0 spiro atoms. The van der Waals surface area contributed by atoms with E-state index in [1.807, 2.05) is 0 Å². The number of hydrogen-bond acceptors (Lipinski definition) is 10. The highest BCUT2D eigenvalue weighted by Gasteiger charge is 2.65. The Bertz CT molecular complexity index is 1320. The lowest BCUT2D eigenvalue weighted by molar-refractivity contribution is -0.157. The van der Waals surface area contributed by atoms with Crippen LogP contribution < -0.4 is 11.2 Å². The van der Waals surface area contributed by atoms with Crippen molar-refractivity contribution in [3.63, 3.8) is 0 Å². The Morgan fingerprint density at radius 1 is 1.05 bits per heavy atom. The van der Waals surface area contributed by atoms with Crippen molar-refractivity contribution in [2.24, 2.45) is 0 Å². The topological polar surface area (TPSA) is 144 Å². The molecule has 2 saturated heterocycles. The van der Waals surface area contributed by atoms with Gasteiger partial charge in [-0.2, -0.15) is 0 Å². The van der Waals surface area contributed by atoms with Crippen LogP contribution in [0.15, 0.2) is 15.8 Å². The number of carbonyl (C=O) groups is 2. The van der Waals surface area contributed by atoms with Gasteiger partial charge >= 0.3 is 26.2 Å². The average molecular weight is 657 g/mol. The Morgan fingerprint density at radius 2 is 1.64 bits per heavy atom. The second-order valence-electron chi connectivity index (χ2n) is 15.5. The highest BCUT2D eigenvalue weighted by Crippen LogP contribution is 2.56. The minimum Gasteiger partial charge on any atom is -0.462 e. The Balaban J connectivity index is 2.12. The van der Waals surface area contributed by atoms with Crippen molar-refractivity contribution in [3.05, 3.63) is 32.6 Å². The number of carbonyl (C=O) groups excluding carboxylic acids is 2. The van der Waals surface area contributed by atoms with Crippen LogP contribution in [0.5, 0.6) is 0 Å². The highest BCUT2D eigenvalue weighted by molar-refractivity contribution is 6.74. The van der Waals surface area contributed by atoms with Gasteiger partial charge in [0.2, 0.25) is 0 Å². The van der Waals surface area contributed by atoms with Crippen molar-refractivity contribution in [1.29, 1.82) is 0 Å². The Hall–Kier alpha value is -2.11. The lowest BCUT2D eigenvalue weighted by Gasteiger charge is -2.54. The first-order valence-corrected chi connectivity index (χ1v) is 19.9. The summed E-state index contributed by atoms with van der Waals surface area (Å²) < 4.78 is 38.9. The van der Waals surface area contributed by atoms with E-state index in [1.54, 1.807) is 0 Å². The van der Waals surface area contributed by atoms with E-state index in [2.05, 4.69) is 80.4 Å². The molecule has 2 unspecified atom stereocenters.